The van der Waals surface area contributed by atoms with Gasteiger partial charge in [-0.25, -0.2) is 0 Å². The van der Waals surface area contributed by atoms with Gasteiger partial charge >= 0.3 is 0 Å². The lowest BCUT2D eigenvalue weighted by molar-refractivity contribution is -0.385. The number of nitro benzene ring substituents is 1. The highest BCUT2D eigenvalue weighted by molar-refractivity contribution is 9.10. The van der Waals surface area contributed by atoms with Crippen LogP contribution in [0.4, 0.5) is 5.69 Å². The quantitative estimate of drug-likeness (QED) is 0.645. The van der Waals surface area contributed by atoms with Crippen LogP contribution in [-0.2, 0) is 6.54 Å². The van der Waals surface area contributed by atoms with Crippen molar-refractivity contribution >= 4 is 21.6 Å². The van der Waals surface area contributed by atoms with E-state index in [1.165, 1.54) is 44.9 Å². The summed E-state index contributed by atoms with van der Waals surface area (Å²) in [6.07, 6.45) is 9.06. The number of nitro groups is 1. The van der Waals surface area contributed by atoms with Crippen LogP contribution in [0.15, 0.2) is 22.7 Å². The molecule has 1 aromatic carbocycles. The molecule has 1 N–H and O–H groups in total. The van der Waals surface area contributed by atoms with Gasteiger partial charge in [0.15, 0.2) is 0 Å². The van der Waals surface area contributed by atoms with Crippen LogP contribution in [0, 0.1) is 10.1 Å². The average Bonchev–Trinajstić information content (AvgIpc) is 2.38. The Morgan fingerprint density at radius 1 is 1.20 bits per heavy atom. The van der Waals surface area contributed by atoms with E-state index in [0.29, 0.717) is 17.1 Å². The predicted molar refractivity (Wildman–Crippen MR) is 83.7 cm³/mol. The van der Waals surface area contributed by atoms with E-state index in [-0.39, 0.29) is 10.6 Å². The number of nitrogens with one attached hydrogen (secondary N) is 1. The molecule has 5 heteroatoms. The predicted octanol–water partition coefficient (Wildman–Crippen LogP) is 4.56. The van der Waals surface area contributed by atoms with Gasteiger partial charge in [-0.1, -0.05) is 38.2 Å². The first-order chi connectivity index (χ1) is 9.66. The molecule has 1 aliphatic carbocycles. The van der Waals surface area contributed by atoms with E-state index in [0.717, 1.165) is 5.56 Å². The molecule has 1 saturated carbocycles. The van der Waals surface area contributed by atoms with Crippen molar-refractivity contribution in [2.75, 3.05) is 0 Å². The number of benzene rings is 1. The molecule has 0 bridgehead atoms. The van der Waals surface area contributed by atoms with E-state index in [9.17, 15) is 10.1 Å². The Morgan fingerprint density at radius 3 is 2.50 bits per heavy atom. The first-order valence-corrected chi connectivity index (χ1v) is 8.12. The van der Waals surface area contributed by atoms with E-state index in [1.807, 2.05) is 6.07 Å². The summed E-state index contributed by atoms with van der Waals surface area (Å²) in [6, 6.07) is 5.90. The van der Waals surface area contributed by atoms with Gasteiger partial charge in [0.1, 0.15) is 0 Å². The molecule has 2 rings (SSSR count). The molecule has 20 heavy (non-hydrogen) atoms. The van der Waals surface area contributed by atoms with Crippen molar-refractivity contribution in [1.82, 2.24) is 5.32 Å². The molecule has 0 spiro atoms. The Balaban J connectivity index is 1.92. The zero-order valence-electron chi connectivity index (χ0n) is 11.6. The van der Waals surface area contributed by atoms with Crippen LogP contribution in [0.3, 0.4) is 0 Å². The lowest BCUT2D eigenvalue weighted by Gasteiger charge is -2.21. The number of halogens is 1. The van der Waals surface area contributed by atoms with Crippen molar-refractivity contribution in [2.45, 2.75) is 57.5 Å². The van der Waals surface area contributed by atoms with Crippen LogP contribution in [0.5, 0.6) is 0 Å². The van der Waals surface area contributed by atoms with Crippen molar-refractivity contribution in [2.24, 2.45) is 0 Å². The summed E-state index contributed by atoms with van der Waals surface area (Å²) in [7, 11) is 0. The van der Waals surface area contributed by atoms with Gasteiger partial charge in [0.2, 0.25) is 0 Å². The molecule has 0 atom stereocenters. The molecule has 0 unspecified atom stereocenters. The molecule has 1 aromatic rings. The lowest BCUT2D eigenvalue weighted by Crippen LogP contribution is -2.29. The summed E-state index contributed by atoms with van der Waals surface area (Å²) >= 11 is 3.22. The molecule has 1 fully saturated rings. The van der Waals surface area contributed by atoms with Crippen LogP contribution >= 0.6 is 15.9 Å². The van der Waals surface area contributed by atoms with Crippen molar-refractivity contribution in [1.29, 1.82) is 0 Å². The zero-order valence-corrected chi connectivity index (χ0v) is 13.2. The summed E-state index contributed by atoms with van der Waals surface area (Å²) in [5, 5.41) is 14.5. The van der Waals surface area contributed by atoms with E-state index in [2.05, 4.69) is 21.2 Å². The molecule has 1 aliphatic rings. The van der Waals surface area contributed by atoms with Crippen LogP contribution in [0.1, 0.15) is 50.5 Å². The molecule has 0 radical (unpaired) electrons. The fraction of sp³-hybridized carbons (Fsp3) is 0.600. The Hall–Kier alpha value is -0.940. The maximum absolute atomic E-state index is 10.9. The Morgan fingerprint density at radius 2 is 1.85 bits per heavy atom. The van der Waals surface area contributed by atoms with Crippen LogP contribution in [0.25, 0.3) is 0 Å². The minimum atomic E-state index is -0.344. The molecule has 0 aromatic heterocycles. The highest BCUT2D eigenvalue weighted by Gasteiger charge is 2.14. The summed E-state index contributed by atoms with van der Waals surface area (Å²) in [4.78, 5) is 10.6. The normalized spacial score (nSPS) is 17.4. The molecule has 110 valence electrons. The van der Waals surface area contributed by atoms with Crippen molar-refractivity contribution in [3.8, 4) is 0 Å². The summed E-state index contributed by atoms with van der Waals surface area (Å²) in [5.74, 6) is 0. The van der Waals surface area contributed by atoms with Crippen LogP contribution in [0.2, 0.25) is 0 Å². The topological polar surface area (TPSA) is 55.2 Å². The monoisotopic (exact) mass is 340 g/mol. The van der Waals surface area contributed by atoms with Crippen LogP contribution < -0.4 is 5.32 Å². The largest absolute Gasteiger partial charge is 0.310 e. The molecular formula is C15H21BrN2O2. The van der Waals surface area contributed by atoms with E-state index in [4.69, 9.17) is 0 Å². The highest BCUT2D eigenvalue weighted by atomic mass is 79.9. The van der Waals surface area contributed by atoms with E-state index < -0.39 is 0 Å². The molecule has 0 aliphatic heterocycles. The van der Waals surface area contributed by atoms with Gasteiger partial charge in [0, 0.05) is 18.7 Å². The summed E-state index contributed by atoms with van der Waals surface area (Å²) in [6.45, 7) is 0.707. The van der Waals surface area contributed by atoms with E-state index >= 15 is 0 Å². The average molecular weight is 341 g/mol. The zero-order chi connectivity index (χ0) is 14.4. The van der Waals surface area contributed by atoms with Crippen LogP contribution in [-0.4, -0.2) is 11.0 Å². The fourth-order valence-electron chi connectivity index (χ4n) is 2.73. The maximum Gasteiger partial charge on any atom is 0.283 e. The minimum absolute atomic E-state index is 0.141. The molecule has 0 heterocycles. The maximum atomic E-state index is 10.9. The van der Waals surface area contributed by atoms with Gasteiger partial charge in [-0.3, -0.25) is 10.1 Å². The highest BCUT2D eigenvalue weighted by Crippen LogP contribution is 2.26. The third-order valence-electron chi connectivity index (χ3n) is 3.91. The Bertz CT molecular complexity index is 457. The SMILES string of the molecule is O=[N+]([O-])c1cc(CNC2CCCCCCC2)ccc1Br. The van der Waals surface area contributed by atoms with Crippen molar-refractivity contribution < 1.29 is 4.92 Å². The van der Waals surface area contributed by atoms with Gasteiger partial charge in [-0.15, -0.1) is 0 Å². The Kier molecular flexibility index (Phi) is 5.98. The standard InChI is InChI=1S/C15H21BrN2O2/c16-14-9-8-12(10-15(14)18(19)20)11-17-13-6-4-2-1-3-5-7-13/h8-10,13,17H,1-7,11H2. The Labute approximate surface area is 128 Å². The number of rotatable bonds is 4. The van der Waals surface area contributed by atoms with Gasteiger partial charge in [-0.2, -0.15) is 0 Å². The minimum Gasteiger partial charge on any atom is -0.310 e. The second kappa shape index (κ2) is 7.74. The van der Waals surface area contributed by atoms with Gasteiger partial charge in [0.05, 0.1) is 9.40 Å². The van der Waals surface area contributed by atoms with E-state index in [1.54, 1.807) is 12.1 Å². The van der Waals surface area contributed by atoms with Crippen molar-refractivity contribution in [3.63, 3.8) is 0 Å². The molecule has 4 nitrogen and oxygen atoms in total. The summed E-state index contributed by atoms with van der Waals surface area (Å²) < 4.78 is 0.539. The molecular weight excluding hydrogens is 320 g/mol. The van der Waals surface area contributed by atoms with Gasteiger partial charge in [0.25, 0.3) is 5.69 Å². The number of hydrogen-bond acceptors (Lipinski definition) is 3. The smallest absolute Gasteiger partial charge is 0.283 e. The van der Waals surface area contributed by atoms with Gasteiger partial charge < -0.3 is 5.32 Å². The second-order valence-corrected chi connectivity index (χ2v) is 6.32. The number of hydrogen-bond donors (Lipinski definition) is 1. The third kappa shape index (κ3) is 4.56. The molecule has 0 amide bonds. The third-order valence-corrected chi connectivity index (χ3v) is 4.58. The first kappa shape index (κ1) is 15.4. The lowest BCUT2D eigenvalue weighted by atomic mass is 9.96. The second-order valence-electron chi connectivity index (χ2n) is 5.47. The summed E-state index contributed by atoms with van der Waals surface area (Å²) in [5.41, 5.74) is 1.11. The van der Waals surface area contributed by atoms with Gasteiger partial charge in [-0.05, 0) is 40.4 Å². The number of nitrogens with zero attached hydrogens (tertiary/aromatic N) is 1. The molecule has 0 saturated heterocycles. The van der Waals surface area contributed by atoms with Crippen molar-refractivity contribution in [3.05, 3.63) is 38.3 Å². The fourth-order valence-corrected chi connectivity index (χ4v) is 3.12. The first-order valence-electron chi connectivity index (χ1n) is 7.33.